The molecule has 3 unspecified atom stereocenters. The number of carbonyl (C=O) groups is 1. The van der Waals surface area contributed by atoms with E-state index in [9.17, 15) is 4.79 Å². The maximum atomic E-state index is 11.1. The van der Waals surface area contributed by atoms with Crippen LogP contribution in [0.4, 0.5) is 0 Å². The first kappa shape index (κ1) is 33.5. The van der Waals surface area contributed by atoms with Gasteiger partial charge in [0, 0.05) is 13.0 Å². The topological polar surface area (TPSA) is 29.5 Å². The summed E-state index contributed by atoms with van der Waals surface area (Å²) < 4.78 is 4.70. The van der Waals surface area contributed by atoms with Crippen LogP contribution in [0.5, 0.6) is 0 Å². The summed E-state index contributed by atoms with van der Waals surface area (Å²) in [6, 6.07) is 0. The van der Waals surface area contributed by atoms with Crippen LogP contribution in [0.1, 0.15) is 161 Å². The maximum absolute atomic E-state index is 11.1. The number of ether oxygens (including phenoxy) is 1. The highest BCUT2D eigenvalue weighted by molar-refractivity contribution is 5.68. The molecule has 0 aromatic rings. The number of hydrogen-bond acceptors (Lipinski definition) is 3. The third kappa shape index (κ3) is 20.5. The summed E-state index contributed by atoms with van der Waals surface area (Å²) in [7, 11) is 5.98. The van der Waals surface area contributed by atoms with E-state index in [0.29, 0.717) is 6.42 Å². The first-order valence-electron chi connectivity index (χ1n) is 16.3. The van der Waals surface area contributed by atoms with Crippen molar-refractivity contribution in [3.63, 3.8) is 0 Å². The van der Waals surface area contributed by atoms with Crippen LogP contribution in [-0.2, 0) is 9.53 Å². The Labute approximate surface area is 226 Å². The zero-order valence-corrected chi connectivity index (χ0v) is 25.2. The molecule has 0 amide bonds. The average Bonchev–Trinajstić information content (AvgIpc) is 3.61. The number of carbonyl (C=O) groups excluding carboxylic acids is 1. The summed E-state index contributed by atoms with van der Waals surface area (Å²) in [5.74, 6) is 2.97. The molecule has 0 bridgehead atoms. The van der Waals surface area contributed by atoms with Gasteiger partial charge in [-0.15, -0.1) is 0 Å². The summed E-state index contributed by atoms with van der Waals surface area (Å²) in [6.45, 7) is 3.59. The second kappa shape index (κ2) is 23.5. The molecule has 0 aliphatic heterocycles. The number of methoxy groups -OCH3 is 1. The van der Waals surface area contributed by atoms with E-state index in [0.717, 1.165) is 24.2 Å². The molecule has 1 fully saturated rings. The lowest BCUT2D eigenvalue weighted by molar-refractivity contribution is -0.140. The molecule has 0 saturated heterocycles. The first-order valence-corrected chi connectivity index (χ1v) is 16.3. The van der Waals surface area contributed by atoms with Gasteiger partial charge in [0.15, 0.2) is 0 Å². The molecule has 3 atom stereocenters. The Hall–Kier alpha value is -0.570. The van der Waals surface area contributed by atoms with Gasteiger partial charge in [-0.3, -0.25) is 4.79 Å². The normalized spacial score (nSPS) is 18.0. The van der Waals surface area contributed by atoms with Crippen LogP contribution in [0.25, 0.3) is 0 Å². The highest BCUT2D eigenvalue weighted by Gasteiger charge is 2.34. The van der Waals surface area contributed by atoms with E-state index in [1.165, 1.54) is 155 Å². The zero-order chi connectivity index (χ0) is 26.3. The van der Waals surface area contributed by atoms with Gasteiger partial charge >= 0.3 is 5.97 Å². The molecular weight excluding hydrogens is 442 g/mol. The van der Waals surface area contributed by atoms with E-state index in [-0.39, 0.29) is 5.97 Å². The summed E-state index contributed by atoms with van der Waals surface area (Å²) in [5.41, 5.74) is 0. The van der Waals surface area contributed by atoms with Crippen molar-refractivity contribution in [2.45, 2.75) is 161 Å². The molecule has 36 heavy (non-hydrogen) atoms. The van der Waals surface area contributed by atoms with Crippen LogP contribution in [0.15, 0.2) is 0 Å². The summed E-state index contributed by atoms with van der Waals surface area (Å²) in [6.07, 6.45) is 32.9. The van der Waals surface area contributed by atoms with E-state index in [2.05, 4.69) is 25.9 Å². The monoisotopic (exact) mass is 508 g/mol. The Morgan fingerprint density at radius 1 is 0.694 bits per heavy atom. The number of unbranched alkanes of at least 4 members (excludes halogenated alkanes) is 15. The summed E-state index contributed by atoms with van der Waals surface area (Å²) in [5, 5.41) is 0. The largest absolute Gasteiger partial charge is 0.469 e. The van der Waals surface area contributed by atoms with E-state index in [4.69, 9.17) is 4.74 Å². The van der Waals surface area contributed by atoms with Crippen molar-refractivity contribution in [1.29, 1.82) is 0 Å². The minimum atomic E-state index is -0.0569. The van der Waals surface area contributed by atoms with Crippen LogP contribution in [0, 0.1) is 17.8 Å². The number of hydrogen-bond donors (Lipinski definition) is 0. The standard InChI is InChI=1S/C33H65NO2/c1-5-6-7-8-9-13-18-23-30(29-34(2)3)24-19-14-10-11-15-20-25-31-28-32(31)26-21-16-12-17-22-27-33(35)36-4/h30-32H,5-29H2,1-4H3. The predicted octanol–water partition coefficient (Wildman–Crippen LogP) is 9.97. The third-order valence-corrected chi connectivity index (χ3v) is 8.53. The minimum absolute atomic E-state index is 0.0569. The molecule has 0 aromatic heterocycles. The van der Waals surface area contributed by atoms with Gasteiger partial charge < -0.3 is 9.64 Å². The fraction of sp³-hybridized carbons (Fsp3) is 0.970. The molecule has 0 spiro atoms. The molecule has 0 N–H and O–H groups in total. The van der Waals surface area contributed by atoms with Gasteiger partial charge in [0.05, 0.1) is 7.11 Å². The van der Waals surface area contributed by atoms with Crippen molar-refractivity contribution >= 4 is 5.97 Å². The molecule has 0 radical (unpaired) electrons. The van der Waals surface area contributed by atoms with Crippen molar-refractivity contribution in [1.82, 2.24) is 4.90 Å². The summed E-state index contributed by atoms with van der Waals surface area (Å²) >= 11 is 0. The number of nitrogens with zero attached hydrogens (tertiary/aromatic N) is 1. The molecule has 3 heteroatoms. The molecule has 0 heterocycles. The zero-order valence-electron chi connectivity index (χ0n) is 25.2. The van der Waals surface area contributed by atoms with Gasteiger partial charge in [0.1, 0.15) is 0 Å². The SMILES string of the molecule is CCCCCCCCCC(CCCCCCCCC1CC1CCCCCCCC(=O)OC)CN(C)C. The van der Waals surface area contributed by atoms with Crippen molar-refractivity contribution in [3.8, 4) is 0 Å². The van der Waals surface area contributed by atoms with Crippen LogP contribution in [0.3, 0.4) is 0 Å². The smallest absolute Gasteiger partial charge is 0.305 e. The lowest BCUT2D eigenvalue weighted by atomic mass is 9.93. The van der Waals surface area contributed by atoms with Gasteiger partial charge in [0.25, 0.3) is 0 Å². The third-order valence-electron chi connectivity index (χ3n) is 8.53. The van der Waals surface area contributed by atoms with Gasteiger partial charge in [-0.2, -0.15) is 0 Å². The fourth-order valence-corrected chi connectivity index (χ4v) is 6.11. The Morgan fingerprint density at radius 3 is 1.61 bits per heavy atom. The maximum Gasteiger partial charge on any atom is 0.305 e. The molecule has 1 saturated carbocycles. The lowest BCUT2D eigenvalue weighted by Crippen LogP contribution is -2.21. The highest BCUT2D eigenvalue weighted by atomic mass is 16.5. The van der Waals surface area contributed by atoms with Gasteiger partial charge in [-0.25, -0.2) is 0 Å². The molecule has 0 aromatic carbocycles. The quantitative estimate of drug-likeness (QED) is 0.0818. The number of rotatable bonds is 27. The van der Waals surface area contributed by atoms with Gasteiger partial charge in [-0.05, 0) is 57.5 Å². The van der Waals surface area contributed by atoms with E-state index >= 15 is 0 Å². The van der Waals surface area contributed by atoms with Crippen LogP contribution < -0.4 is 0 Å². The second-order valence-electron chi connectivity index (χ2n) is 12.4. The molecule has 1 rings (SSSR count). The molecule has 3 nitrogen and oxygen atoms in total. The van der Waals surface area contributed by atoms with E-state index < -0.39 is 0 Å². The Morgan fingerprint density at radius 2 is 1.14 bits per heavy atom. The van der Waals surface area contributed by atoms with E-state index in [1.54, 1.807) is 0 Å². The van der Waals surface area contributed by atoms with Crippen LogP contribution in [0.2, 0.25) is 0 Å². The Balaban J connectivity index is 1.89. The Bertz CT molecular complexity index is 492. The highest BCUT2D eigenvalue weighted by Crippen LogP contribution is 2.45. The molecule has 1 aliphatic carbocycles. The van der Waals surface area contributed by atoms with Crippen molar-refractivity contribution < 1.29 is 9.53 Å². The molecular formula is C33H65NO2. The van der Waals surface area contributed by atoms with Gasteiger partial charge in [-0.1, -0.05) is 129 Å². The average molecular weight is 508 g/mol. The number of esters is 1. The second-order valence-corrected chi connectivity index (χ2v) is 12.4. The van der Waals surface area contributed by atoms with Crippen molar-refractivity contribution in [2.75, 3.05) is 27.7 Å². The molecule has 214 valence electrons. The predicted molar refractivity (Wildman–Crippen MR) is 158 cm³/mol. The van der Waals surface area contributed by atoms with Crippen molar-refractivity contribution in [2.24, 2.45) is 17.8 Å². The Kier molecular flexibility index (Phi) is 21.9. The van der Waals surface area contributed by atoms with Crippen LogP contribution in [-0.4, -0.2) is 38.6 Å². The van der Waals surface area contributed by atoms with E-state index in [1.807, 2.05) is 0 Å². The van der Waals surface area contributed by atoms with Gasteiger partial charge in [0.2, 0.25) is 0 Å². The fourth-order valence-electron chi connectivity index (χ4n) is 6.11. The van der Waals surface area contributed by atoms with Crippen LogP contribution >= 0.6 is 0 Å². The minimum Gasteiger partial charge on any atom is -0.469 e. The first-order chi connectivity index (χ1) is 17.6. The van der Waals surface area contributed by atoms with Crippen molar-refractivity contribution in [3.05, 3.63) is 0 Å². The molecule has 1 aliphatic rings. The lowest BCUT2D eigenvalue weighted by Gasteiger charge is -2.21. The summed E-state index contributed by atoms with van der Waals surface area (Å²) in [4.78, 5) is 13.5.